The van der Waals surface area contributed by atoms with Gasteiger partial charge < -0.3 is 5.32 Å². The lowest BCUT2D eigenvalue weighted by molar-refractivity contribution is 0.661. The molecular weight excluding hydrogens is 276 g/mol. The Bertz CT molecular complexity index is 691. The fraction of sp³-hybridized carbons (Fsp3) is 0.214. The van der Waals surface area contributed by atoms with Crippen LogP contribution >= 0.6 is 11.6 Å². The molecule has 2 rings (SSSR count). The highest BCUT2D eigenvalue weighted by atomic mass is 35.5. The van der Waals surface area contributed by atoms with Crippen molar-refractivity contribution in [3.63, 3.8) is 0 Å². The van der Waals surface area contributed by atoms with E-state index in [-0.39, 0.29) is 28.9 Å². The first-order chi connectivity index (χ1) is 9.63. The van der Waals surface area contributed by atoms with Crippen molar-refractivity contribution in [3.8, 4) is 12.3 Å². The summed E-state index contributed by atoms with van der Waals surface area (Å²) in [6, 6.07) is 5.41. The summed E-state index contributed by atoms with van der Waals surface area (Å²) >= 11 is 6.02. The fourth-order valence-electron chi connectivity index (χ4n) is 1.72. The minimum absolute atomic E-state index is 0.0999. The number of nitrogens with zero attached hydrogens (tertiary/aromatic N) is 3. The van der Waals surface area contributed by atoms with Gasteiger partial charge in [-0.3, -0.25) is 9.78 Å². The minimum Gasteiger partial charge on any atom is -0.371 e. The van der Waals surface area contributed by atoms with Crippen LogP contribution in [0.5, 0.6) is 0 Å². The Kier molecular flexibility index (Phi) is 4.38. The molecule has 0 spiro atoms. The largest absolute Gasteiger partial charge is 0.371 e. The van der Waals surface area contributed by atoms with Crippen molar-refractivity contribution in [2.24, 2.45) is 0 Å². The van der Waals surface area contributed by atoms with Crippen LogP contribution in [0.2, 0.25) is 5.02 Å². The quantitative estimate of drug-likeness (QED) is 0.875. The summed E-state index contributed by atoms with van der Waals surface area (Å²) in [6.45, 7) is 1.99. The highest BCUT2D eigenvalue weighted by Crippen LogP contribution is 2.20. The van der Waals surface area contributed by atoms with Gasteiger partial charge in [0.05, 0.1) is 23.0 Å². The number of aromatic nitrogens is 3. The first kappa shape index (κ1) is 14.1. The summed E-state index contributed by atoms with van der Waals surface area (Å²) in [5.74, 6) is 2.37. The number of nitrogens with one attached hydrogen (secondary N) is 1. The van der Waals surface area contributed by atoms with E-state index in [1.54, 1.807) is 6.20 Å². The lowest BCUT2D eigenvalue weighted by Crippen LogP contribution is -2.26. The van der Waals surface area contributed by atoms with E-state index in [0.717, 1.165) is 5.69 Å². The Morgan fingerprint density at radius 1 is 1.55 bits per heavy atom. The summed E-state index contributed by atoms with van der Waals surface area (Å²) in [6.07, 6.45) is 8.29. The van der Waals surface area contributed by atoms with Crippen LogP contribution in [0.25, 0.3) is 0 Å². The number of hydrogen-bond acceptors (Lipinski definition) is 4. The molecular formula is C14H13ClN4O. The highest BCUT2D eigenvalue weighted by Gasteiger charge is 2.13. The van der Waals surface area contributed by atoms with Crippen LogP contribution in [0.3, 0.4) is 0 Å². The van der Waals surface area contributed by atoms with E-state index < -0.39 is 0 Å². The van der Waals surface area contributed by atoms with Gasteiger partial charge in [-0.05, 0) is 19.1 Å². The van der Waals surface area contributed by atoms with Crippen molar-refractivity contribution >= 4 is 17.3 Å². The standard InChI is InChI=1S/C14H13ClN4O/c1-3-8-19-14(20)13(11(15)9-17-19)18-10(2)12-6-4-5-7-16-12/h1,4-7,9-10,18H,8H2,2H3. The summed E-state index contributed by atoms with van der Waals surface area (Å²) in [5.41, 5.74) is 0.733. The normalized spacial score (nSPS) is 11.7. The lowest BCUT2D eigenvalue weighted by atomic mass is 10.2. The summed E-state index contributed by atoms with van der Waals surface area (Å²) in [7, 11) is 0. The van der Waals surface area contributed by atoms with Crippen LogP contribution in [0.4, 0.5) is 5.69 Å². The molecule has 1 atom stereocenters. The molecule has 0 aromatic carbocycles. The smallest absolute Gasteiger partial charge is 0.292 e. The number of terminal acetylenes is 1. The first-order valence-electron chi connectivity index (χ1n) is 6.00. The van der Waals surface area contributed by atoms with Crippen LogP contribution in [-0.2, 0) is 6.54 Å². The molecule has 2 aromatic rings. The fourth-order valence-corrected chi connectivity index (χ4v) is 1.90. The second-order valence-corrected chi connectivity index (χ2v) is 4.56. The number of anilines is 1. The second-order valence-electron chi connectivity index (χ2n) is 4.16. The van der Waals surface area contributed by atoms with Gasteiger partial charge in [0.25, 0.3) is 5.56 Å². The van der Waals surface area contributed by atoms with Crippen molar-refractivity contribution in [1.82, 2.24) is 14.8 Å². The van der Waals surface area contributed by atoms with Gasteiger partial charge in [0.15, 0.2) is 0 Å². The van der Waals surface area contributed by atoms with Crippen molar-refractivity contribution in [1.29, 1.82) is 0 Å². The summed E-state index contributed by atoms with van der Waals surface area (Å²) < 4.78 is 1.18. The second kappa shape index (κ2) is 6.22. The molecule has 0 fully saturated rings. The molecule has 5 nitrogen and oxygen atoms in total. The molecule has 20 heavy (non-hydrogen) atoms. The maximum Gasteiger partial charge on any atom is 0.292 e. The molecule has 2 heterocycles. The predicted octanol–water partition coefficient (Wildman–Crippen LogP) is 2.10. The number of rotatable bonds is 4. The zero-order valence-corrected chi connectivity index (χ0v) is 11.6. The topological polar surface area (TPSA) is 59.8 Å². The Labute approximate surface area is 121 Å². The molecule has 1 N–H and O–H groups in total. The Hall–Kier alpha value is -2.32. The molecule has 2 aromatic heterocycles. The first-order valence-corrected chi connectivity index (χ1v) is 6.38. The Balaban J connectivity index is 2.32. The molecule has 0 aliphatic rings. The van der Waals surface area contributed by atoms with Gasteiger partial charge in [0.2, 0.25) is 0 Å². The van der Waals surface area contributed by atoms with E-state index >= 15 is 0 Å². The van der Waals surface area contributed by atoms with Crippen molar-refractivity contribution in [3.05, 3.63) is 51.7 Å². The number of halogens is 1. The number of pyridine rings is 1. The highest BCUT2D eigenvalue weighted by molar-refractivity contribution is 6.33. The monoisotopic (exact) mass is 288 g/mol. The van der Waals surface area contributed by atoms with Crippen molar-refractivity contribution < 1.29 is 0 Å². The van der Waals surface area contributed by atoms with Gasteiger partial charge in [-0.2, -0.15) is 5.10 Å². The van der Waals surface area contributed by atoms with Gasteiger partial charge in [-0.15, -0.1) is 6.42 Å². The predicted molar refractivity (Wildman–Crippen MR) is 78.6 cm³/mol. The summed E-state index contributed by atoms with van der Waals surface area (Å²) in [5, 5.41) is 7.20. The van der Waals surface area contributed by atoms with Crippen LogP contribution in [-0.4, -0.2) is 14.8 Å². The van der Waals surface area contributed by atoms with Gasteiger partial charge in [-0.1, -0.05) is 23.6 Å². The molecule has 1 unspecified atom stereocenters. The van der Waals surface area contributed by atoms with Gasteiger partial charge in [0.1, 0.15) is 12.2 Å². The average molecular weight is 289 g/mol. The molecule has 0 saturated heterocycles. The third kappa shape index (κ3) is 2.98. The lowest BCUT2D eigenvalue weighted by Gasteiger charge is -2.15. The number of hydrogen-bond donors (Lipinski definition) is 1. The molecule has 0 amide bonds. The molecule has 0 aliphatic heterocycles. The zero-order chi connectivity index (χ0) is 14.5. The van der Waals surface area contributed by atoms with E-state index in [4.69, 9.17) is 18.0 Å². The van der Waals surface area contributed by atoms with Gasteiger partial charge in [-0.25, -0.2) is 4.68 Å². The molecule has 0 aliphatic carbocycles. The van der Waals surface area contributed by atoms with Crippen LogP contribution in [0, 0.1) is 12.3 Å². The molecule has 0 saturated carbocycles. The van der Waals surface area contributed by atoms with Crippen LogP contribution in [0.15, 0.2) is 35.4 Å². The molecule has 0 radical (unpaired) electrons. The van der Waals surface area contributed by atoms with Crippen molar-refractivity contribution in [2.45, 2.75) is 19.5 Å². The van der Waals surface area contributed by atoms with E-state index in [0.29, 0.717) is 0 Å². The molecule has 0 bridgehead atoms. The van der Waals surface area contributed by atoms with E-state index in [2.05, 4.69) is 21.3 Å². The van der Waals surface area contributed by atoms with Gasteiger partial charge in [0, 0.05) is 6.20 Å². The van der Waals surface area contributed by atoms with E-state index in [1.165, 1.54) is 10.9 Å². The third-order valence-electron chi connectivity index (χ3n) is 2.73. The van der Waals surface area contributed by atoms with Crippen molar-refractivity contribution in [2.75, 3.05) is 5.32 Å². The minimum atomic E-state index is -0.349. The van der Waals surface area contributed by atoms with Gasteiger partial charge >= 0.3 is 0 Å². The van der Waals surface area contributed by atoms with Crippen LogP contribution in [0.1, 0.15) is 18.7 Å². The molecule has 6 heteroatoms. The SMILES string of the molecule is C#CCn1ncc(Cl)c(NC(C)c2ccccn2)c1=O. The Morgan fingerprint density at radius 3 is 3.00 bits per heavy atom. The third-order valence-corrected chi connectivity index (χ3v) is 3.02. The van der Waals surface area contributed by atoms with E-state index in [1.807, 2.05) is 25.1 Å². The maximum atomic E-state index is 12.2. The Morgan fingerprint density at radius 2 is 2.35 bits per heavy atom. The molecule has 102 valence electrons. The average Bonchev–Trinajstić information content (AvgIpc) is 2.47. The van der Waals surface area contributed by atoms with E-state index in [9.17, 15) is 4.79 Å². The summed E-state index contributed by atoms with van der Waals surface area (Å²) in [4.78, 5) is 16.4. The maximum absolute atomic E-state index is 12.2. The zero-order valence-electron chi connectivity index (χ0n) is 10.9. The van der Waals surface area contributed by atoms with Crippen LogP contribution < -0.4 is 10.9 Å².